The highest BCUT2D eigenvalue weighted by atomic mass is 35.5. The molecular weight excluding hydrogens is 470 g/mol. The third kappa shape index (κ3) is 5.72. The topological polar surface area (TPSA) is 46.6 Å². The number of ether oxygens (including phenoxy) is 1. The minimum Gasteiger partial charge on any atom is -0.489 e. The number of hydrogen-bond donors (Lipinski definition) is 0. The lowest BCUT2D eigenvalue weighted by molar-refractivity contribution is -0.117. The zero-order valence-corrected chi connectivity index (χ0v) is 18.3. The first kappa shape index (κ1) is 23.9. The van der Waals surface area contributed by atoms with E-state index in [0.29, 0.717) is 5.56 Å². The minimum atomic E-state index is -4.80. The highest BCUT2D eigenvalue weighted by molar-refractivity contribution is 7.92. The van der Waals surface area contributed by atoms with Crippen molar-refractivity contribution in [3.63, 3.8) is 0 Å². The largest absolute Gasteiger partial charge is 0.489 e. The molecule has 0 fully saturated rings. The summed E-state index contributed by atoms with van der Waals surface area (Å²) in [7, 11) is -4.53. The van der Waals surface area contributed by atoms with Crippen LogP contribution in [0.5, 0.6) is 5.75 Å². The van der Waals surface area contributed by atoms with Gasteiger partial charge in [0.05, 0.1) is 15.6 Å². The quantitative estimate of drug-likeness (QED) is 0.377. The highest BCUT2D eigenvalue weighted by Crippen LogP contribution is 2.31. The molecule has 0 radical (unpaired) electrons. The predicted octanol–water partition coefficient (Wildman–Crippen LogP) is 6.12. The summed E-state index contributed by atoms with van der Waals surface area (Å²) in [6, 6.07) is 14.8. The predicted molar refractivity (Wildman–Crippen MR) is 114 cm³/mol. The van der Waals surface area contributed by atoms with E-state index in [0.717, 1.165) is 6.07 Å². The van der Waals surface area contributed by atoms with Crippen LogP contribution in [0.3, 0.4) is 0 Å². The van der Waals surface area contributed by atoms with Gasteiger partial charge in [0.1, 0.15) is 24.7 Å². The Morgan fingerprint density at radius 3 is 2.34 bits per heavy atom. The average Bonchev–Trinajstić information content (AvgIpc) is 2.71. The second-order valence-electron chi connectivity index (χ2n) is 6.93. The normalized spacial score (nSPS) is 11.9. The van der Waals surface area contributed by atoms with Gasteiger partial charge in [-0.3, -0.25) is 4.31 Å². The molecule has 0 aliphatic heterocycles. The van der Waals surface area contributed by atoms with Crippen LogP contribution in [0.15, 0.2) is 71.6 Å². The van der Waals surface area contributed by atoms with Gasteiger partial charge in [-0.15, -0.1) is 0 Å². The lowest BCUT2D eigenvalue weighted by Gasteiger charge is -2.26. The Morgan fingerprint density at radius 2 is 1.69 bits per heavy atom. The summed E-state index contributed by atoms with van der Waals surface area (Å²) in [5, 5.41) is 0.127. The van der Waals surface area contributed by atoms with Crippen molar-refractivity contribution >= 4 is 27.3 Å². The molecule has 0 unspecified atom stereocenters. The Hall–Kier alpha value is -2.78. The summed E-state index contributed by atoms with van der Waals surface area (Å²) < 4.78 is 85.7. The van der Waals surface area contributed by atoms with Gasteiger partial charge in [-0.05, 0) is 48.9 Å². The van der Waals surface area contributed by atoms with E-state index in [4.69, 9.17) is 16.3 Å². The zero-order chi connectivity index (χ0) is 23.5. The van der Waals surface area contributed by atoms with Crippen LogP contribution >= 0.6 is 11.6 Å². The molecule has 32 heavy (non-hydrogen) atoms. The first-order valence-corrected chi connectivity index (χ1v) is 11.1. The highest BCUT2D eigenvalue weighted by Gasteiger charge is 2.37. The van der Waals surface area contributed by atoms with Crippen LogP contribution in [-0.2, 0) is 16.6 Å². The van der Waals surface area contributed by atoms with Crippen molar-refractivity contribution in [2.75, 3.05) is 10.8 Å². The summed E-state index contributed by atoms with van der Waals surface area (Å²) in [5.74, 6) is -0.553. The summed E-state index contributed by atoms with van der Waals surface area (Å²) in [6.45, 7) is -0.389. The Balaban J connectivity index is 1.96. The van der Waals surface area contributed by atoms with Gasteiger partial charge in [0.15, 0.2) is 0 Å². The van der Waals surface area contributed by atoms with Gasteiger partial charge in [-0.2, -0.15) is 13.2 Å². The molecule has 0 atom stereocenters. The van der Waals surface area contributed by atoms with Crippen LogP contribution in [0, 0.1) is 12.7 Å². The summed E-state index contributed by atoms with van der Waals surface area (Å²) in [6.07, 6.45) is -4.80. The SMILES string of the molecule is Cc1cccc(S(=O)(=O)N(CC(F)(F)F)c2cccc(OCc3c(F)cccc3Cl)c2)c1. The van der Waals surface area contributed by atoms with Crippen LogP contribution in [0.2, 0.25) is 5.02 Å². The molecule has 3 aromatic carbocycles. The van der Waals surface area contributed by atoms with Crippen LogP contribution in [0.25, 0.3) is 0 Å². The van der Waals surface area contributed by atoms with Crippen molar-refractivity contribution in [1.82, 2.24) is 0 Å². The van der Waals surface area contributed by atoms with Gasteiger partial charge in [0, 0.05) is 11.6 Å². The first-order chi connectivity index (χ1) is 15.0. The number of hydrogen-bond acceptors (Lipinski definition) is 3. The molecule has 0 saturated carbocycles. The third-order valence-corrected chi connectivity index (χ3v) is 6.57. The van der Waals surface area contributed by atoms with Crippen LogP contribution in [0.1, 0.15) is 11.1 Å². The lowest BCUT2D eigenvalue weighted by atomic mass is 10.2. The van der Waals surface area contributed by atoms with Crippen LogP contribution in [0.4, 0.5) is 23.2 Å². The number of aryl methyl sites for hydroxylation is 1. The molecule has 3 aromatic rings. The van der Waals surface area contributed by atoms with Crippen LogP contribution in [-0.4, -0.2) is 21.1 Å². The first-order valence-electron chi connectivity index (χ1n) is 9.29. The molecule has 0 aliphatic carbocycles. The average molecular weight is 488 g/mol. The van der Waals surface area contributed by atoms with Crippen molar-refractivity contribution in [1.29, 1.82) is 0 Å². The van der Waals surface area contributed by atoms with Crippen LogP contribution < -0.4 is 9.04 Å². The second-order valence-corrected chi connectivity index (χ2v) is 9.20. The van der Waals surface area contributed by atoms with E-state index < -0.39 is 28.6 Å². The minimum absolute atomic E-state index is 0.0495. The van der Waals surface area contributed by atoms with Gasteiger partial charge >= 0.3 is 6.18 Å². The van der Waals surface area contributed by atoms with E-state index in [1.807, 2.05) is 0 Å². The lowest BCUT2D eigenvalue weighted by Crippen LogP contribution is -2.39. The van der Waals surface area contributed by atoms with E-state index in [9.17, 15) is 26.0 Å². The van der Waals surface area contributed by atoms with E-state index in [-0.39, 0.29) is 37.8 Å². The van der Waals surface area contributed by atoms with Crippen molar-refractivity contribution in [3.8, 4) is 5.75 Å². The summed E-state index contributed by atoms with van der Waals surface area (Å²) >= 11 is 5.96. The zero-order valence-electron chi connectivity index (χ0n) is 16.7. The maximum atomic E-state index is 13.9. The Morgan fingerprint density at radius 1 is 1.00 bits per heavy atom. The van der Waals surface area contributed by atoms with Gasteiger partial charge in [-0.1, -0.05) is 35.9 Å². The standard InChI is InChI=1S/C22H18ClF4NO3S/c1-15-5-2-8-18(11-15)32(29,30)28(14-22(25,26)27)16-6-3-7-17(12-16)31-13-19-20(23)9-4-10-21(19)24/h2-12H,13-14H2,1H3. The fourth-order valence-electron chi connectivity index (χ4n) is 2.94. The Kier molecular flexibility index (Phi) is 7.00. The Labute approximate surface area is 188 Å². The van der Waals surface area contributed by atoms with Crippen molar-refractivity contribution in [3.05, 3.63) is 88.7 Å². The number of nitrogens with zero attached hydrogens (tertiary/aromatic N) is 1. The summed E-state index contributed by atoms with van der Waals surface area (Å²) in [5.41, 5.74) is 0.400. The molecule has 0 amide bonds. The second kappa shape index (κ2) is 9.38. The fraction of sp³-hybridized carbons (Fsp3) is 0.182. The number of alkyl halides is 3. The number of benzene rings is 3. The molecule has 170 valence electrons. The maximum absolute atomic E-state index is 13.9. The third-order valence-electron chi connectivity index (χ3n) is 4.45. The molecule has 0 aromatic heterocycles. The number of rotatable bonds is 7. The molecule has 0 heterocycles. The molecular formula is C22H18ClF4NO3S. The number of halogens is 5. The molecule has 0 saturated heterocycles. The van der Waals surface area contributed by atoms with Gasteiger partial charge < -0.3 is 4.74 Å². The molecule has 10 heteroatoms. The smallest absolute Gasteiger partial charge is 0.407 e. The van der Waals surface area contributed by atoms with Gasteiger partial charge in [0.2, 0.25) is 0 Å². The van der Waals surface area contributed by atoms with Crippen molar-refractivity contribution < 1.29 is 30.7 Å². The molecule has 4 nitrogen and oxygen atoms in total. The monoisotopic (exact) mass is 487 g/mol. The molecule has 0 aliphatic rings. The molecule has 0 spiro atoms. The summed E-state index contributed by atoms with van der Waals surface area (Å²) in [4.78, 5) is -0.272. The molecule has 3 rings (SSSR count). The Bertz CT molecular complexity index is 1200. The van der Waals surface area contributed by atoms with E-state index in [1.54, 1.807) is 13.0 Å². The van der Waals surface area contributed by atoms with Crippen molar-refractivity contribution in [2.24, 2.45) is 0 Å². The van der Waals surface area contributed by atoms with E-state index in [1.165, 1.54) is 54.6 Å². The van der Waals surface area contributed by atoms with Crippen molar-refractivity contribution in [2.45, 2.75) is 24.6 Å². The van der Waals surface area contributed by atoms with E-state index >= 15 is 0 Å². The molecule has 0 bridgehead atoms. The number of anilines is 1. The number of sulfonamides is 1. The maximum Gasteiger partial charge on any atom is 0.407 e. The van der Waals surface area contributed by atoms with E-state index in [2.05, 4.69) is 0 Å². The molecule has 0 N–H and O–H groups in total. The van der Waals surface area contributed by atoms with Gasteiger partial charge in [0.25, 0.3) is 10.0 Å². The van der Waals surface area contributed by atoms with Gasteiger partial charge in [-0.25, -0.2) is 12.8 Å². The fourth-order valence-corrected chi connectivity index (χ4v) is 4.70.